The third-order valence-electron chi connectivity index (χ3n) is 2.88. The monoisotopic (exact) mass is 331 g/mol. The highest BCUT2D eigenvalue weighted by atomic mass is 79.9. The minimum Gasteiger partial charge on any atom is -0.497 e. The maximum absolute atomic E-state index is 12.1. The van der Waals surface area contributed by atoms with Crippen LogP contribution in [-0.2, 0) is 0 Å². The van der Waals surface area contributed by atoms with Gasteiger partial charge in [0.2, 0.25) is 0 Å². The molecular formula is C14H10BrN3O2. The van der Waals surface area contributed by atoms with E-state index < -0.39 is 0 Å². The molecule has 2 aromatic heterocycles. The zero-order chi connectivity index (χ0) is 14.1. The topological polar surface area (TPSA) is 67.9 Å². The Labute approximate surface area is 122 Å². The van der Waals surface area contributed by atoms with E-state index in [-0.39, 0.29) is 5.56 Å². The highest BCUT2D eigenvalue weighted by molar-refractivity contribution is 9.10. The molecule has 0 atom stereocenters. The molecule has 0 unspecified atom stereocenters. The third kappa shape index (κ3) is 2.30. The molecule has 0 bridgehead atoms. The maximum Gasteiger partial charge on any atom is 0.259 e. The van der Waals surface area contributed by atoms with Gasteiger partial charge in [0.15, 0.2) is 5.82 Å². The molecule has 3 rings (SSSR count). The molecule has 3 aromatic rings. The van der Waals surface area contributed by atoms with Gasteiger partial charge >= 0.3 is 0 Å². The Balaban J connectivity index is 2.19. The van der Waals surface area contributed by atoms with Gasteiger partial charge in [-0.05, 0) is 46.3 Å². The third-order valence-corrected chi connectivity index (χ3v) is 3.35. The number of pyridine rings is 1. The summed E-state index contributed by atoms with van der Waals surface area (Å²) in [5.41, 5.74) is 1.01. The van der Waals surface area contributed by atoms with E-state index in [1.54, 1.807) is 37.6 Å². The van der Waals surface area contributed by atoms with Crippen LogP contribution in [-0.4, -0.2) is 22.1 Å². The van der Waals surface area contributed by atoms with Gasteiger partial charge in [0.1, 0.15) is 11.4 Å². The average Bonchev–Trinajstić information content (AvgIpc) is 2.47. The quantitative estimate of drug-likeness (QED) is 0.784. The first-order valence-electron chi connectivity index (χ1n) is 5.87. The summed E-state index contributed by atoms with van der Waals surface area (Å²) in [6.45, 7) is 0. The van der Waals surface area contributed by atoms with Crippen LogP contribution in [0.3, 0.4) is 0 Å². The molecule has 5 nitrogen and oxygen atoms in total. The number of nitrogens with zero attached hydrogens (tertiary/aromatic N) is 2. The molecule has 1 aromatic carbocycles. The molecule has 6 heteroatoms. The van der Waals surface area contributed by atoms with Gasteiger partial charge in [0.25, 0.3) is 5.56 Å². The molecule has 0 amide bonds. The smallest absolute Gasteiger partial charge is 0.259 e. The Bertz CT molecular complexity index is 828. The zero-order valence-electron chi connectivity index (χ0n) is 10.6. The largest absolute Gasteiger partial charge is 0.497 e. The van der Waals surface area contributed by atoms with E-state index in [2.05, 4.69) is 30.9 Å². The van der Waals surface area contributed by atoms with Crippen molar-refractivity contribution >= 4 is 26.8 Å². The summed E-state index contributed by atoms with van der Waals surface area (Å²) in [5, 5.41) is 0.491. The van der Waals surface area contributed by atoms with E-state index in [1.807, 2.05) is 6.07 Å². The molecule has 0 radical (unpaired) electrons. The minimum absolute atomic E-state index is 0.214. The van der Waals surface area contributed by atoms with Crippen LogP contribution < -0.4 is 10.3 Å². The van der Waals surface area contributed by atoms with Crippen molar-refractivity contribution in [3.05, 3.63) is 51.4 Å². The van der Waals surface area contributed by atoms with Crippen LogP contribution in [0.15, 0.2) is 45.8 Å². The molecule has 2 heterocycles. The lowest BCUT2D eigenvalue weighted by molar-refractivity contribution is 0.415. The van der Waals surface area contributed by atoms with Crippen molar-refractivity contribution in [1.82, 2.24) is 15.0 Å². The van der Waals surface area contributed by atoms with Gasteiger partial charge in [-0.2, -0.15) is 0 Å². The molecule has 0 aliphatic carbocycles. The molecule has 0 saturated heterocycles. The first kappa shape index (κ1) is 12.8. The van der Waals surface area contributed by atoms with Gasteiger partial charge in [-0.15, -0.1) is 0 Å². The molecule has 0 spiro atoms. The van der Waals surface area contributed by atoms with Gasteiger partial charge in [-0.25, -0.2) is 4.98 Å². The lowest BCUT2D eigenvalue weighted by Crippen LogP contribution is -2.10. The number of benzene rings is 1. The number of rotatable bonds is 2. The van der Waals surface area contributed by atoms with Crippen LogP contribution in [0.2, 0.25) is 0 Å². The summed E-state index contributed by atoms with van der Waals surface area (Å²) in [6.07, 6.45) is 1.66. The highest BCUT2D eigenvalue weighted by Gasteiger charge is 2.08. The Morgan fingerprint density at radius 3 is 2.80 bits per heavy atom. The Hall–Kier alpha value is -2.21. The predicted molar refractivity (Wildman–Crippen MR) is 79.8 cm³/mol. The number of aromatic nitrogens is 3. The SMILES string of the molecule is COc1ccc2nc(-c3ccc(Br)cn3)[nH]c(=O)c2c1. The van der Waals surface area contributed by atoms with Crippen LogP contribution in [0.5, 0.6) is 5.75 Å². The number of methoxy groups -OCH3 is 1. The fourth-order valence-corrected chi connectivity index (χ4v) is 2.12. The molecule has 100 valence electrons. The lowest BCUT2D eigenvalue weighted by atomic mass is 10.2. The number of hydrogen-bond donors (Lipinski definition) is 1. The molecule has 0 fully saturated rings. The Morgan fingerprint density at radius 1 is 1.25 bits per heavy atom. The molecular weight excluding hydrogens is 322 g/mol. The molecule has 0 aliphatic rings. The standard InChI is InChI=1S/C14H10BrN3O2/c1-20-9-3-5-11-10(6-9)14(19)18-13(17-11)12-4-2-8(15)7-16-12/h2-7H,1H3,(H,17,18,19). The van der Waals surface area contributed by atoms with Crippen molar-refractivity contribution in [2.75, 3.05) is 7.11 Å². The number of ether oxygens (including phenoxy) is 1. The van der Waals surface area contributed by atoms with Gasteiger partial charge < -0.3 is 9.72 Å². The van der Waals surface area contributed by atoms with Gasteiger partial charge in [-0.1, -0.05) is 0 Å². The summed E-state index contributed by atoms with van der Waals surface area (Å²) in [7, 11) is 1.56. The van der Waals surface area contributed by atoms with E-state index in [0.29, 0.717) is 28.2 Å². The molecule has 20 heavy (non-hydrogen) atoms. The average molecular weight is 332 g/mol. The molecule has 1 N–H and O–H groups in total. The lowest BCUT2D eigenvalue weighted by Gasteiger charge is -2.04. The number of H-pyrrole nitrogens is 1. The van der Waals surface area contributed by atoms with Crippen LogP contribution in [0.25, 0.3) is 22.4 Å². The van der Waals surface area contributed by atoms with Crippen molar-refractivity contribution in [3.8, 4) is 17.3 Å². The van der Waals surface area contributed by atoms with Crippen LogP contribution in [0, 0.1) is 0 Å². The van der Waals surface area contributed by atoms with Gasteiger partial charge in [-0.3, -0.25) is 9.78 Å². The maximum atomic E-state index is 12.1. The summed E-state index contributed by atoms with van der Waals surface area (Å²) in [6, 6.07) is 8.83. The van der Waals surface area contributed by atoms with E-state index in [4.69, 9.17) is 4.74 Å². The van der Waals surface area contributed by atoms with Crippen molar-refractivity contribution in [2.45, 2.75) is 0 Å². The second kappa shape index (κ2) is 5.05. The molecule has 0 aliphatic heterocycles. The second-order valence-electron chi connectivity index (χ2n) is 4.16. The van der Waals surface area contributed by atoms with Crippen LogP contribution in [0.1, 0.15) is 0 Å². The predicted octanol–water partition coefficient (Wildman–Crippen LogP) is 2.76. The summed E-state index contributed by atoms with van der Waals surface area (Å²) < 4.78 is 5.98. The Kier molecular flexibility index (Phi) is 3.23. The second-order valence-corrected chi connectivity index (χ2v) is 5.07. The van der Waals surface area contributed by atoms with Crippen molar-refractivity contribution in [1.29, 1.82) is 0 Å². The van der Waals surface area contributed by atoms with E-state index in [0.717, 1.165) is 4.47 Å². The number of nitrogens with one attached hydrogen (secondary N) is 1. The van der Waals surface area contributed by atoms with Crippen LogP contribution in [0.4, 0.5) is 0 Å². The molecule has 0 saturated carbocycles. The van der Waals surface area contributed by atoms with Gasteiger partial charge in [0.05, 0.1) is 18.0 Å². The normalized spacial score (nSPS) is 10.7. The van der Waals surface area contributed by atoms with Crippen molar-refractivity contribution in [2.24, 2.45) is 0 Å². The number of hydrogen-bond acceptors (Lipinski definition) is 4. The number of halogens is 1. The van der Waals surface area contributed by atoms with E-state index in [1.165, 1.54) is 0 Å². The van der Waals surface area contributed by atoms with Crippen LogP contribution >= 0.6 is 15.9 Å². The van der Waals surface area contributed by atoms with Gasteiger partial charge in [0, 0.05) is 10.7 Å². The first-order valence-corrected chi connectivity index (χ1v) is 6.66. The summed E-state index contributed by atoms with van der Waals surface area (Å²) >= 11 is 3.32. The fraction of sp³-hybridized carbons (Fsp3) is 0.0714. The fourth-order valence-electron chi connectivity index (χ4n) is 1.88. The first-order chi connectivity index (χ1) is 9.67. The van der Waals surface area contributed by atoms with E-state index >= 15 is 0 Å². The zero-order valence-corrected chi connectivity index (χ0v) is 12.1. The number of fused-ring (bicyclic) bond motifs is 1. The summed E-state index contributed by atoms with van der Waals surface area (Å²) in [5.74, 6) is 1.07. The van der Waals surface area contributed by atoms with Crippen molar-refractivity contribution < 1.29 is 4.74 Å². The summed E-state index contributed by atoms with van der Waals surface area (Å²) in [4.78, 5) is 23.5. The highest BCUT2D eigenvalue weighted by Crippen LogP contribution is 2.19. The van der Waals surface area contributed by atoms with Crippen molar-refractivity contribution in [3.63, 3.8) is 0 Å². The Morgan fingerprint density at radius 2 is 2.10 bits per heavy atom. The van der Waals surface area contributed by atoms with E-state index in [9.17, 15) is 4.79 Å². The minimum atomic E-state index is -0.214. The number of aromatic amines is 1.